The quantitative estimate of drug-likeness (QED) is 0.581. The van der Waals surface area contributed by atoms with E-state index in [0.29, 0.717) is 14.3 Å². The zero-order valence-electron chi connectivity index (χ0n) is 9.21. The van der Waals surface area contributed by atoms with Crippen molar-refractivity contribution < 1.29 is 19.5 Å². The first-order valence-electron chi connectivity index (χ1n) is 4.81. The number of hydrogen-bond acceptors (Lipinski definition) is 6. The van der Waals surface area contributed by atoms with Crippen LogP contribution in [0.2, 0.25) is 0 Å². The summed E-state index contributed by atoms with van der Waals surface area (Å²) in [6.07, 6.45) is 0. The maximum Gasteiger partial charge on any atom is 0.323 e. The van der Waals surface area contributed by atoms with Crippen molar-refractivity contribution in [2.45, 2.75) is 0 Å². The Hall–Kier alpha value is -1.06. The molecule has 0 aliphatic carbocycles. The maximum atomic E-state index is 11.9. The van der Waals surface area contributed by atoms with Crippen LogP contribution in [0.5, 0.6) is 0 Å². The monoisotopic (exact) mass is 304 g/mol. The van der Waals surface area contributed by atoms with Crippen molar-refractivity contribution in [1.82, 2.24) is 9.80 Å². The van der Waals surface area contributed by atoms with Crippen LogP contribution in [0, 0.1) is 0 Å². The van der Waals surface area contributed by atoms with E-state index >= 15 is 0 Å². The van der Waals surface area contributed by atoms with E-state index in [-0.39, 0.29) is 17.6 Å². The molecule has 0 atom stereocenters. The standard InChI is InChI=1S/C9H8N2O4S3/c1-10-7(15)6(18-9(10)16)8-11(2-5(13)14)4(12)3-17-8/h2-3H2,1H3,(H,13,14)/b8-6+. The summed E-state index contributed by atoms with van der Waals surface area (Å²) in [7, 11) is 1.55. The number of carbonyl (C=O) groups excluding carboxylic acids is 2. The number of nitrogens with zero attached hydrogens (tertiary/aromatic N) is 2. The molecule has 0 aromatic rings. The van der Waals surface area contributed by atoms with Crippen LogP contribution < -0.4 is 0 Å². The van der Waals surface area contributed by atoms with Crippen LogP contribution in [0.25, 0.3) is 0 Å². The zero-order valence-corrected chi connectivity index (χ0v) is 11.7. The lowest BCUT2D eigenvalue weighted by Gasteiger charge is -2.15. The number of likely N-dealkylation sites (N-methyl/N-ethyl adjacent to an activating group) is 1. The van der Waals surface area contributed by atoms with Crippen molar-refractivity contribution in [1.29, 1.82) is 0 Å². The highest BCUT2D eigenvalue weighted by molar-refractivity contribution is 8.27. The van der Waals surface area contributed by atoms with E-state index in [1.54, 1.807) is 7.05 Å². The molecule has 0 aromatic carbocycles. The molecule has 18 heavy (non-hydrogen) atoms. The molecule has 0 spiro atoms. The normalized spacial score (nSPS) is 24.4. The van der Waals surface area contributed by atoms with Crippen LogP contribution in [0.3, 0.4) is 0 Å². The minimum Gasteiger partial charge on any atom is -0.480 e. The molecule has 0 bridgehead atoms. The summed E-state index contributed by atoms with van der Waals surface area (Å²) in [5.41, 5.74) is 0. The highest BCUT2D eigenvalue weighted by Gasteiger charge is 2.38. The highest BCUT2D eigenvalue weighted by Crippen LogP contribution is 2.40. The number of carbonyl (C=O) groups is 3. The fourth-order valence-corrected chi connectivity index (χ4v) is 3.86. The van der Waals surface area contributed by atoms with Gasteiger partial charge in [0.1, 0.15) is 15.8 Å². The van der Waals surface area contributed by atoms with Gasteiger partial charge in [-0.1, -0.05) is 35.7 Å². The molecule has 0 radical (unpaired) electrons. The lowest BCUT2D eigenvalue weighted by molar-refractivity contribution is -0.141. The molecule has 2 fully saturated rings. The van der Waals surface area contributed by atoms with E-state index in [0.717, 1.165) is 16.7 Å². The van der Waals surface area contributed by atoms with Crippen LogP contribution in [0.1, 0.15) is 0 Å². The van der Waals surface area contributed by atoms with Gasteiger partial charge in [-0.25, -0.2) is 0 Å². The first-order chi connectivity index (χ1) is 8.41. The van der Waals surface area contributed by atoms with Crippen molar-refractivity contribution in [3.05, 3.63) is 9.93 Å². The van der Waals surface area contributed by atoms with Gasteiger partial charge in [0.15, 0.2) is 0 Å². The Morgan fingerprint density at radius 1 is 1.50 bits per heavy atom. The second kappa shape index (κ2) is 4.90. The lowest BCUT2D eigenvalue weighted by atomic mass is 10.4. The Bertz CT molecular complexity index is 502. The second-order valence-corrected chi connectivity index (χ2v) is 6.14. The molecule has 2 heterocycles. The maximum absolute atomic E-state index is 11.9. The number of thiocarbonyl (C=S) groups is 1. The van der Waals surface area contributed by atoms with Crippen molar-refractivity contribution in [3.63, 3.8) is 0 Å². The molecule has 0 unspecified atom stereocenters. The molecular formula is C9H8N2O4S3. The summed E-state index contributed by atoms with van der Waals surface area (Å²) in [6.45, 7) is -0.436. The first-order valence-corrected chi connectivity index (χ1v) is 7.02. The van der Waals surface area contributed by atoms with Gasteiger partial charge in [-0.15, -0.1) is 0 Å². The van der Waals surface area contributed by atoms with Crippen LogP contribution in [0.15, 0.2) is 9.93 Å². The number of carboxylic acids is 1. The Kier molecular flexibility index (Phi) is 3.64. The minimum absolute atomic E-state index is 0.149. The van der Waals surface area contributed by atoms with Gasteiger partial charge in [0.2, 0.25) is 5.91 Å². The van der Waals surface area contributed by atoms with Crippen LogP contribution in [0.4, 0.5) is 0 Å². The van der Waals surface area contributed by atoms with Crippen molar-refractivity contribution in [3.8, 4) is 0 Å². The van der Waals surface area contributed by atoms with Gasteiger partial charge in [-0.05, 0) is 0 Å². The van der Waals surface area contributed by atoms with Crippen molar-refractivity contribution >= 4 is 57.8 Å². The van der Waals surface area contributed by atoms with E-state index in [9.17, 15) is 14.4 Å². The zero-order chi connectivity index (χ0) is 13.4. The average molecular weight is 304 g/mol. The van der Waals surface area contributed by atoms with E-state index in [1.165, 1.54) is 16.7 Å². The fourth-order valence-electron chi connectivity index (χ4n) is 1.45. The molecule has 96 valence electrons. The number of amides is 2. The van der Waals surface area contributed by atoms with E-state index in [2.05, 4.69) is 0 Å². The Morgan fingerprint density at radius 2 is 2.17 bits per heavy atom. The smallest absolute Gasteiger partial charge is 0.323 e. The number of aliphatic carboxylic acids is 1. The molecule has 9 heteroatoms. The predicted molar refractivity (Wildman–Crippen MR) is 71.8 cm³/mol. The van der Waals surface area contributed by atoms with Gasteiger partial charge in [0.25, 0.3) is 5.91 Å². The van der Waals surface area contributed by atoms with Crippen molar-refractivity contribution in [2.24, 2.45) is 0 Å². The minimum atomic E-state index is -1.12. The first kappa shape index (κ1) is 13.4. The van der Waals surface area contributed by atoms with Crippen LogP contribution >= 0.6 is 35.7 Å². The summed E-state index contributed by atoms with van der Waals surface area (Å²) < 4.78 is 0.401. The number of rotatable bonds is 2. The largest absolute Gasteiger partial charge is 0.480 e. The Balaban J connectivity index is 2.37. The summed E-state index contributed by atoms with van der Waals surface area (Å²) >= 11 is 7.25. The van der Waals surface area contributed by atoms with E-state index < -0.39 is 12.5 Å². The Morgan fingerprint density at radius 3 is 2.67 bits per heavy atom. The third kappa shape index (κ3) is 2.25. The molecule has 2 aliphatic rings. The van der Waals surface area contributed by atoms with Crippen LogP contribution in [-0.4, -0.2) is 56.4 Å². The molecule has 2 saturated heterocycles. The second-order valence-electron chi connectivity index (χ2n) is 3.53. The third-order valence-corrected chi connectivity index (χ3v) is 5.09. The van der Waals surface area contributed by atoms with Gasteiger partial charge in [-0.3, -0.25) is 24.2 Å². The van der Waals surface area contributed by atoms with Gasteiger partial charge in [0.05, 0.1) is 10.8 Å². The van der Waals surface area contributed by atoms with Gasteiger partial charge in [-0.2, -0.15) is 0 Å². The number of carboxylic acid groups (broad SMARTS) is 1. The molecule has 0 saturated carbocycles. The Labute approximate surface area is 116 Å². The lowest BCUT2D eigenvalue weighted by Crippen LogP contribution is -2.31. The summed E-state index contributed by atoms with van der Waals surface area (Å²) in [5, 5.41) is 9.16. The average Bonchev–Trinajstić information content (AvgIpc) is 2.75. The van der Waals surface area contributed by atoms with E-state index in [1.807, 2.05) is 0 Å². The van der Waals surface area contributed by atoms with Gasteiger partial charge < -0.3 is 5.11 Å². The summed E-state index contributed by atoms with van der Waals surface area (Å²) in [5.74, 6) is -1.57. The van der Waals surface area contributed by atoms with E-state index in [4.69, 9.17) is 17.3 Å². The molecule has 6 nitrogen and oxygen atoms in total. The highest BCUT2D eigenvalue weighted by atomic mass is 32.2. The topological polar surface area (TPSA) is 77.9 Å². The van der Waals surface area contributed by atoms with Gasteiger partial charge >= 0.3 is 5.97 Å². The van der Waals surface area contributed by atoms with Crippen molar-refractivity contribution in [2.75, 3.05) is 19.3 Å². The molecule has 2 rings (SSSR count). The molecule has 2 aliphatic heterocycles. The fraction of sp³-hybridized carbons (Fsp3) is 0.333. The molecule has 2 amide bonds. The molecule has 0 aromatic heterocycles. The summed E-state index contributed by atoms with van der Waals surface area (Å²) in [6, 6.07) is 0. The molecule has 1 N–H and O–H groups in total. The summed E-state index contributed by atoms with van der Waals surface area (Å²) in [4.78, 5) is 37.0. The third-order valence-electron chi connectivity index (χ3n) is 2.33. The predicted octanol–water partition coefficient (Wildman–Crippen LogP) is 0.306. The number of thioether (sulfide) groups is 2. The number of hydrogen-bond donors (Lipinski definition) is 1. The van der Waals surface area contributed by atoms with Gasteiger partial charge in [0, 0.05) is 7.05 Å². The SMILES string of the molecule is CN1C(=O)/C(=C2\SCC(=O)N2CC(=O)O)SC1=S. The molecular weight excluding hydrogens is 296 g/mol. The van der Waals surface area contributed by atoms with Crippen LogP contribution in [-0.2, 0) is 14.4 Å².